The Hall–Kier alpha value is -3.07. The minimum absolute atomic E-state index is 0.283. The van der Waals surface area contributed by atoms with E-state index in [0.717, 1.165) is 28.2 Å². The van der Waals surface area contributed by atoms with Crippen molar-refractivity contribution in [1.82, 2.24) is 30.0 Å². The summed E-state index contributed by atoms with van der Waals surface area (Å²) in [6, 6.07) is 5.19. The first-order chi connectivity index (χ1) is 13.1. The molecule has 3 rings (SSSR count). The van der Waals surface area contributed by atoms with E-state index < -0.39 is 0 Å². The summed E-state index contributed by atoms with van der Waals surface area (Å²) in [6.45, 7) is 5.56. The molecule has 1 aromatic carbocycles. The third-order valence-corrected chi connectivity index (χ3v) is 4.20. The third kappa shape index (κ3) is 4.76. The molecule has 9 heteroatoms. The Kier molecular flexibility index (Phi) is 5.92. The van der Waals surface area contributed by atoms with Gasteiger partial charge in [0, 0.05) is 32.3 Å². The predicted octanol–water partition coefficient (Wildman–Crippen LogP) is 1.85. The molecule has 0 spiro atoms. The molecule has 0 fully saturated rings. The van der Waals surface area contributed by atoms with Crippen LogP contribution in [0.15, 0.2) is 24.5 Å². The summed E-state index contributed by atoms with van der Waals surface area (Å²) >= 11 is 0. The lowest BCUT2D eigenvalue weighted by Crippen LogP contribution is -2.31. The number of benzene rings is 1. The standard InChI is InChI=1S/C18H23N7O2/c1-12-13(2)22-16-10-14(4-5-15(16)21-12)23-18(26)19-7-6-17-24-20-11-25(17)8-9-27-3/h4-5,10-11H,6-9H2,1-3H3,(H2,19,23,26). The molecule has 0 saturated carbocycles. The normalized spacial score (nSPS) is 10.9. The van der Waals surface area contributed by atoms with E-state index in [9.17, 15) is 4.79 Å². The van der Waals surface area contributed by atoms with E-state index in [-0.39, 0.29) is 6.03 Å². The molecule has 0 bridgehead atoms. The molecule has 0 aliphatic carbocycles. The van der Waals surface area contributed by atoms with Crippen molar-refractivity contribution in [3.05, 3.63) is 41.7 Å². The highest BCUT2D eigenvalue weighted by Gasteiger charge is 2.07. The van der Waals surface area contributed by atoms with E-state index in [0.29, 0.717) is 31.8 Å². The Morgan fingerprint density at radius 1 is 1.19 bits per heavy atom. The van der Waals surface area contributed by atoms with Gasteiger partial charge >= 0.3 is 6.03 Å². The number of carbonyl (C=O) groups excluding carboxylic acids is 1. The molecule has 2 N–H and O–H groups in total. The number of anilines is 1. The molecule has 0 aliphatic heterocycles. The van der Waals surface area contributed by atoms with Crippen molar-refractivity contribution in [2.24, 2.45) is 0 Å². The van der Waals surface area contributed by atoms with Gasteiger partial charge in [0.1, 0.15) is 12.2 Å². The van der Waals surface area contributed by atoms with Crippen LogP contribution in [0, 0.1) is 13.8 Å². The molecule has 2 aromatic heterocycles. The SMILES string of the molecule is COCCn1cnnc1CCNC(=O)Nc1ccc2nc(C)c(C)nc2c1. The van der Waals surface area contributed by atoms with Gasteiger partial charge in [0.2, 0.25) is 0 Å². The van der Waals surface area contributed by atoms with Gasteiger partial charge in [-0.25, -0.2) is 14.8 Å². The first kappa shape index (κ1) is 18.7. The average molecular weight is 369 g/mol. The first-order valence-corrected chi connectivity index (χ1v) is 8.72. The number of rotatable bonds is 7. The van der Waals surface area contributed by atoms with Crippen LogP contribution in [0.25, 0.3) is 11.0 Å². The zero-order chi connectivity index (χ0) is 19.2. The van der Waals surface area contributed by atoms with E-state index in [2.05, 4.69) is 30.8 Å². The number of nitrogens with zero attached hydrogens (tertiary/aromatic N) is 5. The van der Waals surface area contributed by atoms with Crippen LogP contribution in [0.5, 0.6) is 0 Å². The molecule has 2 amide bonds. The summed E-state index contributed by atoms with van der Waals surface area (Å²) in [6.07, 6.45) is 2.24. The second-order valence-electron chi connectivity index (χ2n) is 6.16. The first-order valence-electron chi connectivity index (χ1n) is 8.72. The van der Waals surface area contributed by atoms with Crippen molar-refractivity contribution < 1.29 is 9.53 Å². The number of ether oxygens (including phenoxy) is 1. The molecule has 0 unspecified atom stereocenters. The van der Waals surface area contributed by atoms with Gasteiger partial charge in [0.15, 0.2) is 0 Å². The fourth-order valence-electron chi connectivity index (χ4n) is 2.62. The number of carbonyl (C=O) groups is 1. The van der Waals surface area contributed by atoms with Gasteiger partial charge in [-0.05, 0) is 32.0 Å². The van der Waals surface area contributed by atoms with Crippen LogP contribution in [-0.4, -0.2) is 51.0 Å². The van der Waals surface area contributed by atoms with Gasteiger partial charge in [0.25, 0.3) is 0 Å². The molecule has 0 aliphatic rings. The van der Waals surface area contributed by atoms with E-state index >= 15 is 0 Å². The van der Waals surface area contributed by atoms with Crippen LogP contribution >= 0.6 is 0 Å². The zero-order valence-electron chi connectivity index (χ0n) is 15.7. The van der Waals surface area contributed by atoms with Crippen LogP contribution in [0.4, 0.5) is 10.5 Å². The topological polar surface area (TPSA) is 107 Å². The maximum absolute atomic E-state index is 12.1. The lowest BCUT2D eigenvalue weighted by molar-refractivity contribution is 0.186. The number of nitrogens with one attached hydrogen (secondary N) is 2. The number of hydrogen-bond acceptors (Lipinski definition) is 6. The minimum Gasteiger partial charge on any atom is -0.383 e. The summed E-state index contributed by atoms with van der Waals surface area (Å²) < 4.78 is 6.97. The summed E-state index contributed by atoms with van der Waals surface area (Å²) in [5, 5.41) is 13.6. The highest BCUT2D eigenvalue weighted by Crippen LogP contribution is 2.17. The van der Waals surface area contributed by atoms with Gasteiger partial charge < -0.3 is 19.9 Å². The minimum atomic E-state index is -0.283. The van der Waals surface area contributed by atoms with Crippen molar-refractivity contribution in [3.8, 4) is 0 Å². The second-order valence-corrected chi connectivity index (χ2v) is 6.16. The highest BCUT2D eigenvalue weighted by molar-refractivity contribution is 5.91. The Bertz CT molecular complexity index is 939. The average Bonchev–Trinajstić information content (AvgIpc) is 3.08. The number of methoxy groups -OCH3 is 1. The van der Waals surface area contributed by atoms with Crippen LogP contribution in [0.1, 0.15) is 17.2 Å². The van der Waals surface area contributed by atoms with Crippen LogP contribution < -0.4 is 10.6 Å². The molecular formula is C18H23N7O2. The Morgan fingerprint density at radius 3 is 2.74 bits per heavy atom. The summed E-state index contributed by atoms with van der Waals surface area (Å²) in [5.74, 6) is 0.805. The second kappa shape index (κ2) is 8.54. The maximum atomic E-state index is 12.1. The van der Waals surface area contributed by atoms with E-state index in [1.807, 2.05) is 36.6 Å². The maximum Gasteiger partial charge on any atom is 0.319 e. The molecule has 142 valence electrons. The van der Waals surface area contributed by atoms with Crippen LogP contribution in [0.3, 0.4) is 0 Å². The molecule has 0 radical (unpaired) electrons. The van der Waals surface area contributed by atoms with Crippen molar-refractivity contribution >= 4 is 22.8 Å². The zero-order valence-corrected chi connectivity index (χ0v) is 15.7. The lowest BCUT2D eigenvalue weighted by atomic mass is 10.2. The Morgan fingerprint density at radius 2 is 1.96 bits per heavy atom. The number of aryl methyl sites for hydroxylation is 2. The summed E-state index contributed by atoms with van der Waals surface area (Å²) in [4.78, 5) is 21.1. The van der Waals surface area contributed by atoms with Gasteiger partial charge in [-0.3, -0.25) is 0 Å². The van der Waals surface area contributed by atoms with Gasteiger partial charge in [-0.1, -0.05) is 0 Å². The largest absolute Gasteiger partial charge is 0.383 e. The highest BCUT2D eigenvalue weighted by atomic mass is 16.5. The molecular weight excluding hydrogens is 346 g/mol. The predicted molar refractivity (Wildman–Crippen MR) is 102 cm³/mol. The number of urea groups is 1. The quantitative estimate of drug-likeness (QED) is 0.658. The van der Waals surface area contributed by atoms with E-state index in [4.69, 9.17) is 4.74 Å². The van der Waals surface area contributed by atoms with Gasteiger partial charge in [0.05, 0.1) is 29.0 Å². The van der Waals surface area contributed by atoms with Crippen molar-refractivity contribution in [3.63, 3.8) is 0 Å². The smallest absolute Gasteiger partial charge is 0.319 e. The number of fused-ring (bicyclic) bond motifs is 1. The van der Waals surface area contributed by atoms with Gasteiger partial charge in [-0.2, -0.15) is 0 Å². The van der Waals surface area contributed by atoms with Crippen molar-refractivity contribution in [2.45, 2.75) is 26.8 Å². The molecule has 9 nitrogen and oxygen atoms in total. The van der Waals surface area contributed by atoms with Crippen molar-refractivity contribution in [2.75, 3.05) is 25.6 Å². The summed E-state index contributed by atoms with van der Waals surface area (Å²) in [7, 11) is 1.65. The number of hydrogen-bond donors (Lipinski definition) is 2. The third-order valence-electron chi connectivity index (χ3n) is 4.20. The molecule has 0 atom stereocenters. The molecule has 3 aromatic rings. The monoisotopic (exact) mass is 369 g/mol. The van der Waals surface area contributed by atoms with Crippen molar-refractivity contribution in [1.29, 1.82) is 0 Å². The number of aromatic nitrogens is 5. The number of amides is 2. The molecule has 0 saturated heterocycles. The van der Waals surface area contributed by atoms with E-state index in [1.54, 1.807) is 13.4 Å². The van der Waals surface area contributed by atoms with Gasteiger partial charge in [-0.15, -0.1) is 10.2 Å². The summed E-state index contributed by atoms with van der Waals surface area (Å²) in [5.41, 5.74) is 4.00. The fraction of sp³-hybridized carbons (Fsp3) is 0.389. The molecule has 2 heterocycles. The lowest BCUT2D eigenvalue weighted by Gasteiger charge is -2.09. The van der Waals surface area contributed by atoms with Crippen LogP contribution in [0.2, 0.25) is 0 Å². The Labute approximate surface area is 157 Å². The van der Waals surface area contributed by atoms with Crippen LogP contribution in [-0.2, 0) is 17.7 Å². The van der Waals surface area contributed by atoms with E-state index in [1.165, 1.54) is 0 Å². The molecule has 27 heavy (non-hydrogen) atoms. The Balaban J connectivity index is 1.54. The fourth-order valence-corrected chi connectivity index (χ4v) is 2.62.